The van der Waals surface area contributed by atoms with Gasteiger partial charge >= 0.3 is 10.1 Å². The van der Waals surface area contributed by atoms with Crippen LogP contribution in [0.4, 0.5) is 5.69 Å². The zero-order valence-corrected chi connectivity index (χ0v) is 19.2. The van der Waals surface area contributed by atoms with E-state index in [1.807, 2.05) is 39.8 Å². The summed E-state index contributed by atoms with van der Waals surface area (Å²) in [4.78, 5) is 16.8. The van der Waals surface area contributed by atoms with Crippen LogP contribution in [0.1, 0.15) is 57.2 Å². The number of hydrogen-bond acceptors (Lipinski definition) is 6. The second kappa shape index (κ2) is 10.5. The van der Waals surface area contributed by atoms with Crippen LogP contribution in [0.15, 0.2) is 41.0 Å². The van der Waals surface area contributed by atoms with Crippen molar-refractivity contribution in [3.05, 3.63) is 47.9 Å². The third-order valence-corrected chi connectivity index (χ3v) is 6.35. The molecule has 2 aromatic rings. The van der Waals surface area contributed by atoms with E-state index in [1.165, 1.54) is 13.2 Å². The van der Waals surface area contributed by atoms with E-state index in [2.05, 4.69) is 4.90 Å². The van der Waals surface area contributed by atoms with Gasteiger partial charge in [0.2, 0.25) is 0 Å². The zero-order valence-electron chi connectivity index (χ0n) is 18.4. The van der Waals surface area contributed by atoms with Crippen molar-refractivity contribution < 1.29 is 21.8 Å². The Hall–Kier alpha value is -2.48. The Morgan fingerprint density at radius 3 is 2.37 bits per heavy atom. The van der Waals surface area contributed by atoms with Gasteiger partial charge in [0.15, 0.2) is 5.76 Å². The largest absolute Gasteiger partial charge is 0.459 e. The van der Waals surface area contributed by atoms with E-state index in [4.69, 9.17) is 8.60 Å². The lowest BCUT2D eigenvalue weighted by Crippen LogP contribution is -2.37. The molecule has 166 valence electrons. The van der Waals surface area contributed by atoms with Gasteiger partial charge in [-0.05, 0) is 52.3 Å². The molecule has 0 N–H and O–H groups in total. The average molecular weight is 437 g/mol. The number of carbonyl (C=O) groups is 1. The molecule has 1 atom stereocenters. The van der Waals surface area contributed by atoms with E-state index in [0.29, 0.717) is 5.56 Å². The Bertz CT molecular complexity index is 921. The summed E-state index contributed by atoms with van der Waals surface area (Å²) < 4.78 is 35.1. The van der Waals surface area contributed by atoms with E-state index in [-0.39, 0.29) is 35.8 Å². The number of carbonyl (C=O) groups excluding carboxylic acids is 1. The third-order valence-electron chi connectivity index (χ3n) is 5.21. The van der Waals surface area contributed by atoms with Crippen molar-refractivity contribution in [1.82, 2.24) is 4.90 Å². The molecule has 30 heavy (non-hydrogen) atoms. The van der Waals surface area contributed by atoms with Crippen molar-refractivity contribution in [3.63, 3.8) is 0 Å². The maximum absolute atomic E-state index is 13.0. The minimum absolute atomic E-state index is 0.0688. The van der Waals surface area contributed by atoms with Crippen molar-refractivity contribution >= 4 is 21.7 Å². The molecule has 8 heteroatoms. The molecule has 1 aromatic carbocycles. The predicted molar refractivity (Wildman–Crippen MR) is 118 cm³/mol. The van der Waals surface area contributed by atoms with Gasteiger partial charge < -0.3 is 18.4 Å². The third kappa shape index (κ3) is 5.78. The van der Waals surface area contributed by atoms with Crippen LogP contribution in [-0.2, 0) is 16.7 Å². The summed E-state index contributed by atoms with van der Waals surface area (Å²) in [5, 5.41) is 0. The summed E-state index contributed by atoms with van der Waals surface area (Å²) in [6.45, 7) is 11.3. The first kappa shape index (κ1) is 23.8. The molecule has 2 rings (SSSR count). The summed E-state index contributed by atoms with van der Waals surface area (Å²) in [5.41, 5.74) is 1.50. The number of benzene rings is 1. The monoisotopic (exact) mass is 436 g/mol. The highest BCUT2D eigenvalue weighted by atomic mass is 32.2. The van der Waals surface area contributed by atoms with Crippen LogP contribution in [0.5, 0.6) is 5.75 Å². The molecule has 0 aliphatic heterocycles. The normalized spacial score (nSPS) is 12.4. The highest BCUT2D eigenvalue weighted by Gasteiger charge is 2.25. The van der Waals surface area contributed by atoms with Crippen LogP contribution in [-0.4, -0.2) is 44.1 Å². The molecule has 0 aliphatic carbocycles. The summed E-state index contributed by atoms with van der Waals surface area (Å²) in [6.07, 6.45) is 2.21. The first-order valence-corrected chi connectivity index (χ1v) is 12.0. The Morgan fingerprint density at radius 1 is 1.13 bits per heavy atom. The smallest absolute Gasteiger partial charge is 0.308 e. The fourth-order valence-corrected chi connectivity index (χ4v) is 3.65. The molecule has 0 radical (unpaired) electrons. The van der Waals surface area contributed by atoms with Gasteiger partial charge in [0, 0.05) is 36.4 Å². The van der Waals surface area contributed by atoms with Crippen LogP contribution < -0.4 is 9.08 Å². The van der Waals surface area contributed by atoms with Crippen LogP contribution >= 0.6 is 0 Å². The summed E-state index contributed by atoms with van der Waals surface area (Å²) in [5.74, 6) is 0.120. The van der Waals surface area contributed by atoms with E-state index < -0.39 is 10.1 Å². The maximum atomic E-state index is 13.0. The Balaban J connectivity index is 2.46. The SMILES string of the molecule is CC[C@H](C)N(Cc1ccc(N(CC)CC)cc1OS(=O)(=O)CC)C(=O)c1ccco1. The quantitative estimate of drug-likeness (QED) is 0.489. The maximum Gasteiger partial charge on any atom is 0.308 e. The van der Waals surface area contributed by atoms with Gasteiger partial charge in [-0.3, -0.25) is 4.79 Å². The molecule has 0 bridgehead atoms. The van der Waals surface area contributed by atoms with E-state index in [9.17, 15) is 13.2 Å². The molecule has 0 spiro atoms. The Morgan fingerprint density at radius 2 is 1.83 bits per heavy atom. The van der Waals surface area contributed by atoms with Crippen molar-refractivity contribution in [3.8, 4) is 5.75 Å². The fraction of sp³-hybridized carbons (Fsp3) is 0.500. The van der Waals surface area contributed by atoms with Gasteiger partial charge in [0.25, 0.3) is 5.91 Å². The predicted octanol–water partition coefficient (Wildman–Crippen LogP) is 4.30. The molecule has 0 unspecified atom stereocenters. The molecule has 7 nitrogen and oxygen atoms in total. The topological polar surface area (TPSA) is 80.1 Å². The minimum Gasteiger partial charge on any atom is -0.459 e. The number of amides is 1. The number of hydrogen-bond donors (Lipinski definition) is 0. The molecule has 0 fully saturated rings. The molecule has 1 amide bonds. The van der Waals surface area contributed by atoms with Crippen molar-refractivity contribution in [2.24, 2.45) is 0 Å². The van der Waals surface area contributed by atoms with Crippen LogP contribution in [0, 0.1) is 0 Å². The Kier molecular flexibility index (Phi) is 8.34. The van der Waals surface area contributed by atoms with Crippen molar-refractivity contribution in [2.45, 2.75) is 53.6 Å². The summed E-state index contributed by atoms with van der Waals surface area (Å²) in [6, 6.07) is 8.73. The summed E-state index contributed by atoms with van der Waals surface area (Å²) in [7, 11) is -3.72. The number of nitrogens with zero attached hydrogens (tertiary/aromatic N) is 2. The van der Waals surface area contributed by atoms with Gasteiger partial charge in [-0.1, -0.05) is 13.0 Å². The van der Waals surface area contributed by atoms with E-state index in [1.54, 1.807) is 23.1 Å². The lowest BCUT2D eigenvalue weighted by atomic mass is 10.1. The summed E-state index contributed by atoms with van der Waals surface area (Å²) >= 11 is 0. The van der Waals surface area contributed by atoms with Crippen LogP contribution in [0.3, 0.4) is 0 Å². The number of anilines is 1. The molecule has 1 aromatic heterocycles. The Labute approximate surface area is 179 Å². The molecular weight excluding hydrogens is 404 g/mol. The average Bonchev–Trinajstić information content (AvgIpc) is 3.28. The van der Waals surface area contributed by atoms with Gasteiger partial charge in [-0.15, -0.1) is 0 Å². The number of furan rings is 1. The highest BCUT2D eigenvalue weighted by molar-refractivity contribution is 7.87. The first-order chi connectivity index (χ1) is 14.3. The van der Waals surface area contributed by atoms with Crippen molar-refractivity contribution in [2.75, 3.05) is 23.7 Å². The van der Waals surface area contributed by atoms with Crippen LogP contribution in [0.25, 0.3) is 0 Å². The van der Waals surface area contributed by atoms with Gasteiger partial charge in [-0.2, -0.15) is 8.42 Å². The molecule has 0 saturated heterocycles. The number of rotatable bonds is 11. The zero-order chi connectivity index (χ0) is 22.3. The second-order valence-corrected chi connectivity index (χ2v) is 8.92. The van der Waals surface area contributed by atoms with E-state index >= 15 is 0 Å². The lowest BCUT2D eigenvalue weighted by Gasteiger charge is -2.29. The van der Waals surface area contributed by atoms with Gasteiger partial charge in [0.05, 0.1) is 18.6 Å². The first-order valence-electron chi connectivity index (χ1n) is 10.4. The molecule has 1 heterocycles. The van der Waals surface area contributed by atoms with Crippen molar-refractivity contribution in [1.29, 1.82) is 0 Å². The second-order valence-electron chi connectivity index (χ2n) is 7.06. The highest BCUT2D eigenvalue weighted by Crippen LogP contribution is 2.29. The minimum atomic E-state index is -3.72. The lowest BCUT2D eigenvalue weighted by molar-refractivity contribution is 0.0638. The fourth-order valence-electron chi connectivity index (χ4n) is 3.11. The molecule has 0 aliphatic rings. The molecular formula is C22H32N2O5S. The van der Waals surface area contributed by atoms with E-state index in [0.717, 1.165) is 25.2 Å². The standard InChI is InChI=1S/C22H32N2O5S/c1-6-17(5)24(22(25)20-11-10-14-28-20)16-18-12-13-19(23(7-2)8-3)15-21(18)29-30(26,27)9-4/h10-15,17H,6-9,16H2,1-5H3/t17-/m0/s1. The van der Waals surface area contributed by atoms with Gasteiger partial charge in [-0.25, -0.2) is 0 Å². The van der Waals surface area contributed by atoms with Crippen LogP contribution in [0.2, 0.25) is 0 Å². The van der Waals surface area contributed by atoms with Gasteiger partial charge in [0.1, 0.15) is 5.75 Å². The molecule has 0 saturated carbocycles.